The number of aromatic nitrogens is 5. The molecule has 6 rings (SSSR count). The normalized spacial score (nSPS) is 17.9. The molecular weight excluding hydrogens is 414 g/mol. The zero-order chi connectivity index (χ0) is 22.9. The largest absolute Gasteiger partial charge is 0.338 e. The second kappa shape index (κ2) is 7.01. The number of likely N-dealkylation sites (N-methyl/N-ethyl adjacent to an activating group) is 1. The maximum atomic E-state index is 12.7. The van der Waals surface area contributed by atoms with E-state index >= 15 is 0 Å². The van der Waals surface area contributed by atoms with Gasteiger partial charge in [-0.05, 0) is 31.9 Å². The van der Waals surface area contributed by atoms with Crippen LogP contribution in [0.15, 0.2) is 36.7 Å². The zero-order valence-corrected chi connectivity index (χ0v) is 18.8. The van der Waals surface area contributed by atoms with Crippen LogP contribution in [0.4, 0.5) is 0 Å². The lowest BCUT2D eigenvalue weighted by molar-refractivity contribution is -0.135. The first-order chi connectivity index (χ1) is 16.0. The highest BCUT2D eigenvalue weighted by Crippen LogP contribution is 2.45. The molecule has 1 aromatic carbocycles. The van der Waals surface area contributed by atoms with Crippen molar-refractivity contribution < 1.29 is 4.79 Å². The SMILES string of the molecule is CC1C(=O)N(C)Cc2c(-c3cccc4nc(-c5cnn(C)c5)c(C#N)cc34)nc(C3CC3)n21. The Morgan fingerprint density at radius 1 is 1.15 bits per heavy atom. The number of nitriles is 1. The van der Waals surface area contributed by atoms with Crippen molar-refractivity contribution in [3.8, 4) is 28.6 Å². The van der Waals surface area contributed by atoms with Gasteiger partial charge >= 0.3 is 0 Å². The van der Waals surface area contributed by atoms with Crippen molar-refractivity contribution in [1.29, 1.82) is 5.26 Å². The maximum absolute atomic E-state index is 12.7. The van der Waals surface area contributed by atoms with Crippen LogP contribution >= 0.6 is 0 Å². The molecule has 1 aliphatic heterocycles. The fourth-order valence-corrected chi connectivity index (χ4v) is 4.90. The summed E-state index contributed by atoms with van der Waals surface area (Å²) in [4.78, 5) is 24.4. The zero-order valence-electron chi connectivity index (χ0n) is 18.8. The highest BCUT2D eigenvalue weighted by atomic mass is 16.2. The molecular formula is C25H23N7O. The minimum atomic E-state index is -0.268. The average Bonchev–Trinajstić information content (AvgIpc) is 3.47. The summed E-state index contributed by atoms with van der Waals surface area (Å²) in [6, 6.07) is 9.93. The van der Waals surface area contributed by atoms with E-state index in [9.17, 15) is 10.1 Å². The summed E-state index contributed by atoms with van der Waals surface area (Å²) in [6.45, 7) is 2.47. The van der Waals surface area contributed by atoms with E-state index in [0.29, 0.717) is 23.7 Å². The first kappa shape index (κ1) is 19.7. The Morgan fingerprint density at radius 3 is 2.67 bits per heavy atom. The molecule has 0 spiro atoms. The summed E-state index contributed by atoms with van der Waals surface area (Å²) in [5.74, 6) is 1.53. The van der Waals surface area contributed by atoms with E-state index in [1.165, 1.54) is 0 Å². The van der Waals surface area contributed by atoms with Gasteiger partial charge in [0, 0.05) is 42.7 Å². The van der Waals surface area contributed by atoms with Gasteiger partial charge in [0.15, 0.2) is 0 Å². The van der Waals surface area contributed by atoms with E-state index in [0.717, 1.165) is 52.1 Å². The summed E-state index contributed by atoms with van der Waals surface area (Å²) < 4.78 is 3.85. The molecule has 1 saturated carbocycles. The Hall–Kier alpha value is -3.99. The molecule has 0 bridgehead atoms. The van der Waals surface area contributed by atoms with Crippen molar-refractivity contribution in [2.45, 2.75) is 38.3 Å². The van der Waals surface area contributed by atoms with E-state index in [1.54, 1.807) is 15.8 Å². The molecule has 2 aliphatic rings. The Morgan fingerprint density at radius 2 is 1.97 bits per heavy atom. The van der Waals surface area contributed by atoms with Crippen LogP contribution in [0.3, 0.4) is 0 Å². The second-order valence-electron chi connectivity index (χ2n) is 9.05. The third-order valence-corrected chi connectivity index (χ3v) is 6.70. The van der Waals surface area contributed by atoms with Gasteiger partial charge in [0.25, 0.3) is 0 Å². The second-order valence-corrected chi connectivity index (χ2v) is 9.05. The Bertz CT molecular complexity index is 1480. The number of nitrogens with zero attached hydrogens (tertiary/aromatic N) is 7. The molecule has 4 heterocycles. The van der Waals surface area contributed by atoms with Gasteiger partial charge in [-0.1, -0.05) is 12.1 Å². The van der Waals surface area contributed by atoms with Crippen molar-refractivity contribution in [3.63, 3.8) is 0 Å². The third kappa shape index (κ3) is 2.96. The number of rotatable bonds is 3. The molecule has 8 nitrogen and oxygen atoms in total. The molecule has 164 valence electrons. The van der Waals surface area contributed by atoms with E-state index in [2.05, 4.69) is 15.7 Å². The molecule has 8 heteroatoms. The fraction of sp³-hybridized carbons (Fsp3) is 0.320. The van der Waals surface area contributed by atoms with Crippen LogP contribution in [-0.4, -0.2) is 42.2 Å². The molecule has 0 saturated heterocycles. The van der Waals surface area contributed by atoms with Gasteiger partial charge in [-0.3, -0.25) is 9.48 Å². The lowest BCUT2D eigenvalue weighted by atomic mass is 9.99. The van der Waals surface area contributed by atoms with Gasteiger partial charge in [-0.2, -0.15) is 10.4 Å². The fourth-order valence-electron chi connectivity index (χ4n) is 4.90. The summed E-state index contributed by atoms with van der Waals surface area (Å²) in [6.07, 6.45) is 5.80. The van der Waals surface area contributed by atoms with Gasteiger partial charge in [0.05, 0.1) is 40.9 Å². The van der Waals surface area contributed by atoms with Crippen molar-refractivity contribution in [2.75, 3.05) is 7.05 Å². The predicted molar refractivity (Wildman–Crippen MR) is 123 cm³/mol. The van der Waals surface area contributed by atoms with Crippen molar-refractivity contribution >= 4 is 16.8 Å². The topological polar surface area (TPSA) is 92.6 Å². The number of benzene rings is 1. The number of carbonyl (C=O) groups excluding carboxylic acids is 1. The summed E-state index contributed by atoms with van der Waals surface area (Å²) in [5, 5.41) is 15.0. The van der Waals surface area contributed by atoms with Crippen LogP contribution in [0.2, 0.25) is 0 Å². The maximum Gasteiger partial charge on any atom is 0.245 e. The highest BCUT2D eigenvalue weighted by molar-refractivity contribution is 5.97. The first-order valence-corrected chi connectivity index (χ1v) is 11.2. The molecule has 1 fully saturated rings. The van der Waals surface area contributed by atoms with Crippen LogP contribution in [0.5, 0.6) is 0 Å². The summed E-state index contributed by atoms with van der Waals surface area (Å²) >= 11 is 0. The van der Waals surface area contributed by atoms with Crippen molar-refractivity contribution in [1.82, 2.24) is 29.2 Å². The Labute approximate surface area is 191 Å². The number of hydrogen-bond acceptors (Lipinski definition) is 5. The minimum absolute atomic E-state index is 0.112. The Kier molecular flexibility index (Phi) is 4.18. The van der Waals surface area contributed by atoms with Crippen LogP contribution < -0.4 is 0 Å². The number of carbonyl (C=O) groups is 1. The van der Waals surface area contributed by atoms with Crippen LogP contribution in [0.1, 0.15) is 48.8 Å². The highest BCUT2D eigenvalue weighted by Gasteiger charge is 2.38. The molecule has 0 N–H and O–H groups in total. The minimum Gasteiger partial charge on any atom is -0.338 e. The van der Waals surface area contributed by atoms with Crippen LogP contribution in [-0.2, 0) is 18.4 Å². The number of hydrogen-bond donors (Lipinski definition) is 0. The quantitative estimate of drug-likeness (QED) is 0.486. The molecule has 3 aromatic heterocycles. The number of amides is 1. The van der Waals surface area contributed by atoms with Gasteiger partial charge in [0.1, 0.15) is 17.9 Å². The lowest BCUT2D eigenvalue weighted by Gasteiger charge is -2.31. The standard InChI is InChI=1S/C25H23N7O/c1-14-25(33)30(2)13-21-23(29-24(32(14)21)15-7-8-15)18-5-4-6-20-19(18)9-16(10-26)22(28-20)17-11-27-31(3)12-17/h4-6,9,11-12,14-15H,7-8,13H2,1-3H3. The Balaban J connectivity index is 1.59. The van der Waals surface area contributed by atoms with E-state index in [-0.39, 0.29) is 11.9 Å². The monoisotopic (exact) mass is 437 g/mol. The van der Waals surface area contributed by atoms with E-state index in [4.69, 9.17) is 9.97 Å². The molecule has 0 radical (unpaired) electrons. The van der Waals surface area contributed by atoms with Crippen LogP contribution in [0, 0.1) is 11.3 Å². The molecule has 1 atom stereocenters. The molecule has 1 amide bonds. The predicted octanol–water partition coefficient (Wildman–Crippen LogP) is 3.78. The number of pyridine rings is 1. The van der Waals surface area contributed by atoms with Crippen LogP contribution in [0.25, 0.3) is 33.4 Å². The number of fused-ring (bicyclic) bond motifs is 2. The average molecular weight is 438 g/mol. The van der Waals surface area contributed by atoms with Crippen molar-refractivity contribution in [3.05, 3.63) is 53.7 Å². The number of imidazole rings is 1. The molecule has 1 unspecified atom stereocenters. The van der Waals surface area contributed by atoms with Crippen molar-refractivity contribution in [2.24, 2.45) is 7.05 Å². The molecule has 1 aliphatic carbocycles. The molecule has 33 heavy (non-hydrogen) atoms. The van der Waals surface area contributed by atoms with E-state index in [1.807, 2.05) is 51.5 Å². The smallest absolute Gasteiger partial charge is 0.245 e. The lowest BCUT2D eigenvalue weighted by Crippen LogP contribution is -2.39. The molecule has 4 aromatic rings. The third-order valence-electron chi connectivity index (χ3n) is 6.70. The van der Waals surface area contributed by atoms with Gasteiger partial charge in [-0.25, -0.2) is 9.97 Å². The van der Waals surface area contributed by atoms with Gasteiger partial charge < -0.3 is 9.47 Å². The first-order valence-electron chi connectivity index (χ1n) is 11.2. The van der Waals surface area contributed by atoms with Gasteiger partial charge in [0.2, 0.25) is 5.91 Å². The van der Waals surface area contributed by atoms with Gasteiger partial charge in [-0.15, -0.1) is 0 Å². The van der Waals surface area contributed by atoms with E-state index < -0.39 is 0 Å². The summed E-state index contributed by atoms with van der Waals surface area (Å²) in [5.41, 5.74) is 5.61. The summed E-state index contributed by atoms with van der Waals surface area (Å²) in [7, 11) is 3.69. The number of aryl methyl sites for hydroxylation is 1.